The van der Waals surface area contributed by atoms with Crippen LogP contribution in [-0.2, 0) is 19.3 Å². The van der Waals surface area contributed by atoms with E-state index in [2.05, 4.69) is 66.3 Å². The van der Waals surface area contributed by atoms with Crippen LogP contribution in [0.4, 0.5) is 0 Å². The van der Waals surface area contributed by atoms with Crippen molar-refractivity contribution in [2.24, 2.45) is 0 Å². The van der Waals surface area contributed by atoms with E-state index in [0.717, 1.165) is 47.9 Å². The molecule has 0 aliphatic heterocycles. The zero-order valence-corrected chi connectivity index (χ0v) is 14.6. The predicted octanol–water partition coefficient (Wildman–Crippen LogP) is 4.23. The summed E-state index contributed by atoms with van der Waals surface area (Å²) in [5, 5.41) is 0. The van der Waals surface area contributed by atoms with Crippen LogP contribution in [0.1, 0.15) is 46.7 Å². The Hall–Kier alpha value is -2.55. The Bertz CT molecular complexity index is 826. The van der Waals surface area contributed by atoms with Gasteiger partial charge in [-0.2, -0.15) is 0 Å². The molecule has 0 aliphatic carbocycles. The van der Waals surface area contributed by atoms with Crippen LogP contribution in [-0.4, -0.2) is 15.0 Å². The molecule has 0 N–H and O–H groups in total. The Balaban J connectivity index is 1.84. The molecule has 1 aromatic carbocycles. The second-order valence-electron chi connectivity index (χ2n) is 6.10. The average Bonchev–Trinajstić information content (AvgIpc) is 2.59. The molecule has 0 aliphatic rings. The van der Waals surface area contributed by atoms with Crippen LogP contribution < -0.4 is 0 Å². The number of hydrogen-bond donors (Lipinski definition) is 0. The van der Waals surface area contributed by atoms with Crippen molar-refractivity contribution >= 4 is 0 Å². The van der Waals surface area contributed by atoms with Gasteiger partial charge in [0, 0.05) is 29.9 Å². The lowest BCUT2D eigenvalue weighted by Crippen LogP contribution is -2.07. The minimum Gasteiger partial charge on any atom is -0.257 e. The van der Waals surface area contributed by atoms with E-state index in [4.69, 9.17) is 4.98 Å². The Morgan fingerprint density at radius 2 is 1.38 bits per heavy atom. The molecule has 0 atom stereocenters. The van der Waals surface area contributed by atoms with Crippen LogP contribution in [0.3, 0.4) is 0 Å². The van der Waals surface area contributed by atoms with Gasteiger partial charge < -0.3 is 0 Å². The molecule has 3 heteroatoms. The second-order valence-corrected chi connectivity index (χ2v) is 6.10. The van der Waals surface area contributed by atoms with Gasteiger partial charge in [-0.15, -0.1) is 0 Å². The summed E-state index contributed by atoms with van der Waals surface area (Å²) in [6.07, 6.45) is 2.55. The van der Waals surface area contributed by atoms with Crippen molar-refractivity contribution in [2.45, 2.75) is 40.0 Å². The van der Waals surface area contributed by atoms with E-state index in [-0.39, 0.29) is 0 Å². The lowest BCUT2D eigenvalue weighted by Gasteiger charge is -2.10. The van der Waals surface area contributed by atoms with E-state index in [1.54, 1.807) is 0 Å². The van der Waals surface area contributed by atoms with Crippen molar-refractivity contribution in [1.82, 2.24) is 15.0 Å². The highest BCUT2D eigenvalue weighted by Crippen LogP contribution is 2.15. The third kappa shape index (κ3) is 3.85. The van der Waals surface area contributed by atoms with E-state index in [9.17, 15) is 0 Å². The predicted molar refractivity (Wildman–Crippen MR) is 97.2 cm³/mol. The van der Waals surface area contributed by atoms with Gasteiger partial charge in [0.15, 0.2) is 0 Å². The van der Waals surface area contributed by atoms with Crippen LogP contribution in [0.2, 0.25) is 0 Å². The Labute approximate surface area is 143 Å². The van der Waals surface area contributed by atoms with Gasteiger partial charge in [0.2, 0.25) is 0 Å². The van der Waals surface area contributed by atoms with E-state index in [1.807, 2.05) is 13.0 Å². The molecular formula is C21H23N3. The zero-order chi connectivity index (χ0) is 16.9. The first-order valence-corrected chi connectivity index (χ1v) is 8.47. The van der Waals surface area contributed by atoms with Gasteiger partial charge in [-0.1, -0.05) is 43.3 Å². The fourth-order valence-electron chi connectivity index (χ4n) is 2.97. The zero-order valence-electron chi connectivity index (χ0n) is 14.6. The fraction of sp³-hybridized carbons (Fsp3) is 0.286. The molecule has 24 heavy (non-hydrogen) atoms. The van der Waals surface area contributed by atoms with Crippen molar-refractivity contribution in [2.75, 3.05) is 0 Å². The molecule has 2 heterocycles. The topological polar surface area (TPSA) is 38.7 Å². The third-order valence-corrected chi connectivity index (χ3v) is 4.24. The van der Waals surface area contributed by atoms with Crippen molar-refractivity contribution in [3.63, 3.8) is 0 Å². The normalized spacial score (nSPS) is 10.8. The number of benzene rings is 1. The minimum absolute atomic E-state index is 0.755. The van der Waals surface area contributed by atoms with Crippen LogP contribution in [0.5, 0.6) is 0 Å². The monoisotopic (exact) mass is 317 g/mol. The minimum atomic E-state index is 0.755. The van der Waals surface area contributed by atoms with Gasteiger partial charge in [0.25, 0.3) is 0 Å². The molecule has 0 saturated carbocycles. The summed E-state index contributed by atoms with van der Waals surface area (Å²) < 4.78 is 0. The first-order valence-electron chi connectivity index (χ1n) is 8.47. The van der Waals surface area contributed by atoms with Crippen molar-refractivity contribution in [1.29, 1.82) is 0 Å². The first kappa shape index (κ1) is 16.3. The second kappa shape index (κ2) is 7.35. The molecule has 0 spiro atoms. The largest absolute Gasteiger partial charge is 0.257 e. The average molecular weight is 317 g/mol. The molecule has 3 rings (SSSR count). The maximum Gasteiger partial charge on any atom is 0.125 e. The van der Waals surface area contributed by atoms with Gasteiger partial charge in [0.05, 0.1) is 5.69 Å². The van der Waals surface area contributed by atoms with Gasteiger partial charge in [-0.3, -0.25) is 4.98 Å². The number of pyridine rings is 1. The Kier molecular flexibility index (Phi) is 4.99. The van der Waals surface area contributed by atoms with E-state index in [0.29, 0.717) is 0 Å². The standard InChI is InChI=1S/C21H23N3/c1-4-20-15(2)21(23-16(3)22-20)14-19-12-8-11-18(24-19)13-17-9-6-5-7-10-17/h5-12H,4,13-14H2,1-3H3. The highest BCUT2D eigenvalue weighted by Gasteiger charge is 2.10. The molecule has 3 aromatic rings. The molecule has 122 valence electrons. The maximum atomic E-state index is 4.83. The summed E-state index contributed by atoms with van der Waals surface area (Å²) in [5.74, 6) is 0.841. The number of rotatable bonds is 5. The lowest BCUT2D eigenvalue weighted by molar-refractivity contribution is 0.865. The molecule has 0 fully saturated rings. The summed E-state index contributed by atoms with van der Waals surface area (Å²) in [4.78, 5) is 14.0. The van der Waals surface area contributed by atoms with Gasteiger partial charge >= 0.3 is 0 Å². The molecule has 0 radical (unpaired) electrons. The third-order valence-electron chi connectivity index (χ3n) is 4.24. The highest BCUT2D eigenvalue weighted by molar-refractivity contribution is 5.29. The first-order chi connectivity index (χ1) is 11.7. The summed E-state index contributed by atoms with van der Waals surface area (Å²) in [7, 11) is 0. The molecule has 0 unspecified atom stereocenters. The van der Waals surface area contributed by atoms with Crippen molar-refractivity contribution in [3.8, 4) is 0 Å². The van der Waals surface area contributed by atoms with Crippen LogP contribution in [0.15, 0.2) is 48.5 Å². The highest BCUT2D eigenvalue weighted by atomic mass is 14.9. The summed E-state index contributed by atoms with van der Waals surface area (Å²) in [6.45, 7) is 6.21. The maximum absolute atomic E-state index is 4.83. The molecule has 0 saturated heterocycles. The Morgan fingerprint density at radius 1 is 0.708 bits per heavy atom. The summed E-state index contributed by atoms with van der Waals surface area (Å²) >= 11 is 0. The molecule has 2 aromatic heterocycles. The van der Waals surface area contributed by atoms with Crippen molar-refractivity contribution < 1.29 is 0 Å². The number of nitrogens with zero attached hydrogens (tertiary/aromatic N) is 3. The van der Waals surface area contributed by atoms with Gasteiger partial charge in [0.1, 0.15) is 5.82 Å². The fourth-order valence-corrected chi connectivity index (χ4v) is 2.97. The number of aryl methyl sites for hydroxylation is 2. The lowest BCUT2D eigenvalue weighted by atomic mass is 10.1. The van der Waals surface area contributed by atoms with Crippen LogP contribution >= 0.6 is 0 Å². The van der Waals surface area contributed by atoms with Crippen LogP contribution in [0.25, 0.3) is 0 Å². The smallest absolute Gasteiger partial charge is 0.125 e. The molecule has 3 nitrogen and oxygen atoms in total. The van der Waals surface area contributed by atoms with E-state index in [1.165, 1.54) is 11.1 Å². The van der Waals surface area contributed by atoms with Crippen LogP contribution in [0, 0.1) is 13.8 Å². The van der Waals surface area contributed by atoms with E-state index < -0.39 is 0 Å². The molecular weight excluding hydrogens is 294 g/mol. The quantitative estimate of drug-likeness (QED) is 0.707. The van der Waals surface area contributed by atoms with Gasteiger partial charge in [-0.25, -0.2) is 9.97 Å². The Morgan fingerprint density at radius 3 is 2.08 bits per heavy atom. The number of aromatic nitrogens is 3. The number of hydrogen-bond acceptors (Lipinski definition) is 3. The summed E-state index contributed by atoms with van der Waals surface area (Å²) in [6, 6.07) is 16.7. The molecule has 0 amide bonds. The SMILES string of the molecule is CCc1nc(C)nc(Cc2cccc(Cc3ccccc3)n2)c1C. The van der Waals surface area contributed by atoms with Gasteiger partial charge in [-0.05, 0) is 43.5 Å². The van der Waals surface area contributed by atoms with Crippen molar-refractivity contribution in [3.05, 3.63) is 88.3 Å². The summed E-state index contributed by atoms with van der Waals surface area (Å²) in [5.41, 5.74) is 6.86. The molecule has 0 bridgehead atoms. The van der Waals surface area contributed by atoms with E-state index >= 15 is 0 Å².